The van der Waals surface area contributed by atoms with Crippen molar-refractivity contribution in [3.8, 4) is 0 Å². The number of carbonyl (C=O) groups is 3. The smallest absolute Gasteiger partial charge is 0.306 e. The summed E-state index contributed by atoms with van der Waals surface area (Å²) in [4.78, 5) is 38.0. The van der Waals surface area contributed by atoms with Crippen molar-refractivity contribution in [1.29, 1.82) is 0 Å². The van der Waals surface area contributed by atoms with Crippen molar-refractivity contribution >= 4 is 17.9 Å². The SMILES string of the molecule is CC/C=C\C/C=C\C/C=C\C/C=C\C/C=C\C/C=C\CCCCCCCCC(=O)OCC(COC(=O)CCCCCCC/C=C\CCCC)OC(=O)CCCCCCC/C=C\CCCCCCC. The molecule has 0 aliphatic carbocycles. The third-order valence-electron chi connectivity index (χ3n) is 11.8. The average molecular weight is 946 g/mol. The minimum atomic E-state index is -0.791. The van der Waals surface area contributed by atoms with Gasteiger partial charge in [-0.25, -0.2) is 0 Å². The topological polar surface area (TPSA) is 78.9 Å². The lowest BCUT2D eigenvalue weighted by Crippen LogP contribution is -2.30. The fraction of sp³-hybridized carbons (Fsp3) is 0.694. The highest BCUT2D eigenvalue weighted by atomic mass is 16.6. The molecular weight excluding hydrogens is 841 g/mol. The first-order valence-electron chi connectivity index (χ1n) is 28.2. The Morgan fingerprint density at radius 1 is 0.309 bits per heavy atom. The summed E-state index contributed by atoms with van der Waals surface area (Å²) in [5.41, 5.74) is 0. The van der Waals surface area contributed by atoms with Crippen LogP contribution in [0.15, 0.2) is 97.2 Å². The molecule has 0 rings (SSSR count). The van der Waals surface area contributed by atoms with Gasteiger partial charge in [-0.05, 0) is 116 Å². The first kappa shape index (κ1) is 64.3. The van der Waals surface area contributed by atoms with Gasteiger partial charge < -0.3 is 14.2 Å². The summed E-state index contributed by atoms with van der Waals surface area (Å²) in [5.74, 6) is -0.923. The standard InChI is InChI=1S/C62H104O6/c1-4-7-10-13-16-19-22-24-26-27-28-29-30-31-32-33-34-35-36-38-40-43-46-49-52-55-61(64)67-58-59(57-66-60(63)54-51-48-45-42-39-21-18-15-12-9-6-3)68-62(65)56-53-50-47-44-41-37-25-23-20-17-14-11-8-5-2/h7,10,15-16,18-19,23-26,28-29,31-32,34-35,59H,4-6,8-9,11-14,17,20-22,27,30,33,36-58H2,1-3H3/b10-7-,18-15-,19-16-,25-23-,26-24-,29-28-,32-31-,35-34-. The van der Waals surface area contributed by atoms with Crippen molar-refractivity contribution < 1.29 is 28.6 Å². The molecule has 0 heterocycles. The molecule has 0 aliphatic heterocycles. The normalized spacial score (nSPS) is 12.8. The molecule has 0 fully saturated rings. The maximum atomic E-state index is 12.8. The van der Waals surface area contributed by atoms with Crippen LogP contribution < -0.4 is 0 Å². The van der Waals surface area contributed by atoms with E-state index in [0.29, 0.717) is 19.3 Å². The van der Waals surface area contributed by atoms with Crippen LogP contribution in [-0.2, 0) is 28.6 Å². The number of hydrogen-bond acceptors (Lipinski definition) is 6. The molecule has 1 unspecified atom stereocenters. The minimum absolute atomic E-state index is 0.0902. The third-order valence-corrected chi connectivity index (χ3v) is 11.8. The van der Waals surface area contributed by atoms with Crippen LogP contribution in [0.2, 0.25) is 0 Å². The molecule has 0 aromatic heterocycles. The van der Waals surface area contributed by atoms with E-state index in [9.17, 15) is 14.4 Å². The van der Waals surface area contributed by atoms with Crippen molar-refractivity contribution in [2.75, 3.05) is 13.2 Å². The number of unbranched alkanes of at least 4 members (excludes halogenated alkanes) is 23. The second-order valence-corrected chi connectivity index (χ2v) is 18.5. The Bertz CT molecular complexity index is 1360. The largest absolute Gasteiger partial charge is 0.462 e. The third kappa shape index (κ3) is 53.3. The molecule has 6 nitrogen and oxygen atoms in total. The molecule has 0 N–H and O–H groups in total. The van der Waals surface area contributed by atoms with Gasteiger partial charge in [0, 0.05) is 19.3 Å². The van der Waals surface area contributed by atoms with E-state index in [4.69, 9.17) is 14.2 Å². The Morgan fingerprint density at radius 3 is 0.956 bits per heavy atom. The molecule has 0 bridgehead atoms. The molecule has 388 valence electrons. The Morgan fingerprint density at radius 2 is 0.588 bits per heavy atom. The van der Waals surface area contributed by atoms with E-state index in [1.54, 1.807) is 0 Å². The summed E-state index contributed by atoms with van der Waals surface area (Å²) in [6.45, 7) is 6.45. The molecule has 1 atom stereocenters. The lowest BCUT2D eigenvalue weighted by Gasteiger charge is -2.18. The van der Waals surface area contributed by atoms with Crippen molar-refractivity contribution in [2.24, 2.45) is 0 Å². The van der Waals surface area contributed by atoms with Crippen molar-refractivity contribution in [3.63, 3.8) is 0 Å². The predicted octanol–water partition coefficient (Wildman–Crippen LogP) is 18.9. The fourth-order valence-electron chi connectivity index (χ4n) is 7.54. The van der Waals surface area contributed by atoms with Gasteiger partial charge in [0.1, 0.15) is 13.2 Å². The van der Waals surface area contributed by atoms with Crippen LogP contribution in [0.4, 0.5) is 0 Å². The van der Waals surface area contributed by atoms with Gasteiger partial charge in [-0.2, -0.15) is 0 Å². The lowest BCUT2D eigenvalue weighted by atomic mass is 10.1. The van der Waals surface area contributed by atoms with Crippen LogP contribution in [0.3, 0.4) is 0 Å². The van der Waals surface area contributed by atoms with Crippen LogP contribution in [0, 0.1) is 0 Å². The highest BCUT2D eigenvalue weighted by Crippen LogP contribution is 2.14. The Labute approximate surface area is 419 Å². The molecule has 6 heteroatoms. The first-order chi connectivity index (χ1) is 33.5. The molecule has 68 heavy (non-hydrogen) atoms. The second-order valence-electron chi connectivity index (χ2n) is 18.5. The van der Waals surface area contributed by atoms with E-state index in [-0.39, 0.29) is 31.1 Å². The summed E-state index contributed by atoms with van der Waals surface area (Å²) in [6, 6.07) is 0. The Kier molecular flexibility index (Phi) is 52.9. The van der Waals surface area contributed by atoms with Gasteiger partial charge in [-0.15, -0.1) is 0 Å². The van der Waals surface area contributed by atoms with E-state index in [1.165, 1.54) is 89.9 Å². The van der Waals surface area contributed by atoms with Crippen LogP contribution >= 0.6 is 0 Å². The van der Waals surface area contributed by atoms with Gasteiger partial charge in [0.25, 0.3) is 0 Å². The van der Waals surface area contributed by atoms with Crippen molar-refractivity contribution in [3.05, 3.63) is 97.2 Å². The summed E-state index contributed by atoms with van der Waals surface area (Å²) in [7, 11) is 0. The van der Waals surface area contributed by atoms with Gasteiger partial charge in [0.15, 0.2) is 6.10 Å². The van der Waals surface area contributed by atoms with Gasteiger partial charge in [-0.3, -0.25) is 14.4 Å². The fourth-order valence-corrected chi connectivity index (χ4v) is 7.54. The zero-order valence-electron chi connectivity index (χ0n) is 44.3. The maximum Gasteiger partial charge on any atom is 0.306 e. The van der Waals surface area contributed by atoms with E-state index < -0.39 is 6.10 Å². The summed E-state index contributed by atoms with van der Waals surface area (Å²) in [5, 5.41) is 0. The predicted molar refractivity (Wildman–Crippen MR) is 293 cm³/mol. The summed E-state index contributed by atoms with van der Waals surface area (Å²) < 4.78 is 16.8. The van der Waals surface area contributed by atoms with E-state index in [0.717, 1.165) is 128 Å². The quantitative estimate of drug-likeness (QED) is 0.0262. The van der Waals surface area contributed by atoms with E-state index in [1.807, 2.05) is 0 Å². The zero-order valence-corrected chi connectivity index (χ0v) is 44.3. The Balaban J connectivity index is 4.34. The van der Waals surface area contributed by atoms with E-state index in [2.05, 4.69) is 118 Å². The number of carbonyl (C=O) groups excluding carboxylic acids is 3. The minimum Gasteiger partial charge on any atom is -0.462 e. The zero-order chi connectivity index (χ0) is 49.3. The highest BCUT2D eigenvalue weighted by Gasteiger charge is 2.19. The number of allylic oxidation sites excluding steroid dienone is 16. The molecule has 0 amide bonds. The monoisotopic (exact) mass is 945 g/mol. The second kappa shape index (κ2) is 55.9. The molecule has 0 spiro atoms. The van der Waals surface area contributed by atoms with Crippen molar-refractivity contribution in [1.82, 2.24) is 0 Å². The molecular formula is C62H104O6. The maximum absolute atomic E-state index is 12.8. The number of rotatable bonds is 50. The molecule has 0 aromatic rings. The van der Waals surface area contributed by atoms with Gasteiger partial charge in [0.05, 0.1) is 0 Å². The lowest BCUT2D eigenvalue weighted by molar-refractivity contribution is -0.167. The first-order valence-corrected chi connectivity index (χ1v) is 28.2. The van der Waals surface area contributed by atoms with Gasteiger partial charge >= 0.3 is 17.9 Å². The number of esters is 3. The molecule has 0 radical (unpaired) electrons. The average Bonchev–Trinajstić information content (AvgIpc) is 3.34. The molecule has 0 aliphatic rings. The van der Waals surface area contributed by atoms with Crippen LogP contribution in [0.5, 0.6) is 0 Å². The Hall–Kier alpha value is -3.67. The van der Waals surface area contributed by atoms with E-state index >= 15 is 0 Å². The molecule has 0 saturated carbocycles. The van der Waals surface area contributed by atoms with Crippen LogP contribution in [0.25, 0.3) is 0 Å². The summed E-state index contributed by atoms with van der Waals surface area (Å²) >= 11 is 0. The summed E-state index contributed by atoms with van der Waals surface area (Å²) in [6.07, 6.45) is 74.0. The molecule has 0 aromatic carbocycles. The van der Waals surface area contributed by atoms with Gasteiger partial charge in [-0.1, -0.05) is 221 Å². The van der Waals surface area contributed by atoms with Crippen molar-refractivity contribution in [2.45, 2.75) is 264 Å². The number of ether oxygens (including phenoxy) is 3. The van der Waals surface area contributed by atoms with Gasteiger partial charge in [0.2, 0.25) is 0 Å². The van der Waals surface area contributed by atoms with Crippen LogP contribution in [0.1, 0.15) is 258 Å². The van der Waals surface area contributed by atoms with Crippen LogP contribution in [-0.4, -0.2) is 37.2 Å². The molecule has 0 saturated heterocycles. The number of hydrogen-bond donors (Lipinski definition) is 0. The highest BCUT2D eigenvalue weighted by molar-refractivity contribution is 5.71.